The molecule has 0 bridgehead atoms. The molecule has 1 aliphatic carbocycles. The average Bonchev–Trinajstić information content (AvgIpc) is 3.45. The van der Waals surface area contributed by atoms with Crippen molar-refractivity contribution in [3.05, 3.63) is 70.6 Å². The number of amides is 1. The topological polar surface area (TPSA) is 56.0 Å². The van der Waals surface area contributed by atoms with Crippen molar-refractivity contribution in [2.75, 3.05) is 6.54 Å². The van der Waals surface area contributed by atoms with Crippen LogP contribution in [0.1, 0.15) is 31.7 Å². The zero-order chi connectivity index (χ0) is 18.9. The molecule has 1 amide bonds. The molecule has 0 atom stereocenters. The van der Waals surface area contributed by atoms with Gasteiger partial charge in [-0.25, -0.2) is 4.79 Å². The number of hydrogen-bond donors (Lipinski definition) is 1. The zero-order valence-corrected chi connectivity index (χ0v) is 15.6. The largest absolute Gasteiger partial charge is 0.355 e. The van der Waals surface area contributed by atoms with Crippen LogP contribution in [0.5, 0.6) is 0 Å². The summed E-state index contributed by atoms with van der Waals surface area (Å²) in [4.78, 5) is 25.1. The van der Waals surface area contributed by atoms with Crippen molar-refractivity contribution >= 4 is 16.9 Å². The molecule has 0 aliphatic heterocycles. The van der Waals surface area contributed by atoms with Gasteiger partial charge in [0.15, 0.2) is 0 Å². The fraction of sp³-hybridized carbons (Fsp3) is 0.364. The van der Waals surface area contributed by atoms with Gasteiger partial charge >= 0.3 is 5.69 Å². The number of nitrogens with zero attached hydrogens (tertiary/aromatic N) is 2. The lowest BCUT2D eigenvalue weighted by molar-refractivity contribution is -0.121. The molecular weight excluding hydrogens is 338 g/mol. The second-order valence-corrected chi connectivity index (χ2v) is 7.34. The lowest BCUT2D eigenvalue weighted by Gasteiger charge is -2.16. The van der Waals surface area contributed by atoms with Crippen LogP contribution in [0.15, 0.2) is 59.4 Å². The number of imidazole rings is 1. The predicted molar refractivity (Wildman–Crippen MR) is 107 cm³/mol. The number of carbonyl (C=O) groups is 1. The van der Waals surface area contributed by atoms with E-state index >= 15 is 0 Å². The number of hydrogen-bond acceptors (Lipinski definition) is 2. The number of para-hydroxylation sites is 2. The van der Waals surface area contributed by atoms with Gasteiger partial charge < -0.3 is 5.32 Å². The van der Waals surface area contributed by atoms with E-state index in [1.165, 1.54) is 5.56 Å². The Morgan fingerprint density at radius 3 is 2.26 bits per heavy atom. The molecule has 27 heavy (non-hydrogen) atoms. The van der Waals surface area contributed by atoms with Crippen molar-refractivity contribution in [3.63, 3.8) is 0 Å². The fourth-order valence-electron chi connectivity index (χ4n) is 3.87. The van der Waals surface area contributed by atoms with Gasteiger partial charge in [0.2, 0.25) is 5.91 Å². The van der Waals surface area contributed by atoms with E-state index in [0.29, 0.717) is 26.1 Å². The summed E-state index contributed by atoms with van der Waals surface area (Å²) in [5, 5.41) is 3.08. The Morgan fingerprint density at radius 1 is 1.00 bits per heavy atom. The number of aromatic nitrogens is 2. The van der Waals surface area contributed by atoms with E-state index in [9.17, 15) is 9.59 Å². The lowest BCUT2D eigenvalue weighted by atomic mass is 9.96. The minimum Gasteiger partial charge on any atom is -0.355 e. The smallest absolute Gasteiger partial charge is 0.329 e. The van der Waals surface area contributed by atoms with Crippen molar-refractivity contribution in [2.24, 2.45) is 0 Å². The number of nitrogens with one attached hydrogen (secondary N) is 1. The summed E-state index contributed by atoms with van der Waals surface area (Å²) in [5.74, 6) is -0.00237. The monoisotopic (exact) mass is 363 g/mol. The van der Waals surface area contributed by atoms with Gasteiger partial charge in [0.05, 0.1) is 11.0 Å². The number of rotatable bonds is 7. The van der Waals surface area contributed by atoms with Gasteiger partial charge in [0, 0.05) is 31.5 Å². The molecule has 3 aromatic rings. The number of fused-ring (bicyclic) bond motifs is 1. The van der Waals surface area contributed by atoms with Crippen LogP contribution < -0.4 is 11.0 Å². The molecule has 1 aromatic heterocycles. The van der Waals surface area contributed by atoms with Gasteiger partial charge in [-0.3, -0.25) is 13.9 Å². The first-order valence-corrected chi connectivity index (χ1v) is 9.65. The molecule has 0 unspecified atom stereocenters. The van der Waals surface area contributed by atoms with Gasteiger partial charge in [-0.2, -0.15) is 0 Å². The van der Waals surface area contributed by atoms with E-state index in [2.05, 4.69) is 17.4 Å². The molecule has 1 heterocycles. The van der Waals surface area contributed by atoms with Crippen molar-refractivity contribution in [3.8, 4) is 0 Å². The van der Waals surface area contributed by atoms with Crippen LogP contribution in [0.4, 0.5) is 0 Å². The van der Waals surface area contributed by atoms with E-state index in [4.69, 9.17) is 0 Å². The molecule has 1 N–H and O–H groups in total. The summed E-state index contributed by atoms with van der Waals surface area (Å²) in [5.41, 5.74) is 3.17. The molecule has 2 aromatic carbocycles. The van der Waals surface area contributed by atoms with Gasteiger partial charge in [0.1, 0.15) is 0 Å². The van der Waals surface area contributed by atoms with Gasteiger partial charge in [-0.05, 0) is 37.5 Å². The summed E-state index contributed by atoms with van der Waals surface area (Å²) in [6, 6.07) is 18.1. The molecule has 0 radical (unpaired) electrons. The molecule has 5 nitrogen and oxygen atoms in total. The minimum atomic E-state index is -0.0468. The Kier molecular flexibility index (Phi) is 4.60. The Bertz CT molecular complexity index is 1010. The van der Waals surface area contributed by atoms with E-state index in [0.717, 1.165) is 23.9 Å². The lowest BCUT2D eigenvalue weighted by Crippen LogP contribution is -2.33. The van der Waals surface area contributed by atoms with E-state index in [1.807, 2.05) is 49.4 Å². The van der Waals surface area contributed by atoms with Crippen molar-refractivity contribution in [1.29, 1.82) is 0 Å². The highest BCUT2D eigenvalue weighted by molar-refractivity contribution is 5.78. The quantitative estimate of drug-likeness (QED) is 0.701. The molecule has 0 spiro atoms. The Hall–Kier alpha value is -2.82. The molecule has 5 heteroatoms. The molecule has 1 saturated carbocycles. The van der Waals surface area contributed by atoms with Crippen LogP contribution in [-0.4, -0.2) is 21.6 Å². The predicted octanol–water partition coefficient (Wildman–Crippen LogP) is 3.06. The summed E-state index contributed by atoms with van der Waals surface area (Å²) in [6.07, 6.45) is 2.53. The van der Waals surface area contributed by atoms with E-state index in [1.54, 1.807) is 9.13 Å². The highest BCUT2D eigenvalue weighted by Crippen LogP contribution is 2.47. The van der Waals surface area contributed by atoms with E-state index < -0.39 is 0 Å². The SMILES string of the molecule is CCn1c(=O)n(CCC(=O)NCC2(c3ccccc3)CC2)c2ccccc21. The van der Waals surface area contributed by atoms with Crippen LogP contribution in [0.25, 0.3) is 11.0 Å². The van der Waals surface area contributed by atoms with Crippen LogP contribution in [0.3, 0.4) is 0 Å². The summed E-state index contributed by atoms with van der Waals surface area (Å²) >= 11 is 0. The van der Waals surface area contributed by atoms with Gasteiger partial charge in [-0.1, -0.05) is 42.5 Å². The second-order valence-electron chi connectivity index (χ2n) is 7.34. The summed E-state index contributed by atoms with van der Waals surface area (Å²) in [7, 11) is 0. The van der Waals surface area contributed by atoms with Crippen LogP contribution in [-0.2, 0) is 23.3 Å². The fourth-order valence-corrected chi connectivity index (χ4v) is 3.87. The van der Waals surface area contributed by atoms with Gasteiger partial charge in [0.25, 0.3) is 0 Å². The first-order chi connectivity index (χ1) is 13.1. The number of benzene rings is 2. The third-order valence-electron chi connectivity index (χ3n) is 5.67. The molecular formula is C22H25N3O2. The highest BCUT2D eigenvalue weighted by Gasteiger charge is 2.44. The average molecular weight is 363 g/mol. The Balaban J connectivity index is 1.41. The van der Waals surface area contributed by atoms with Crippen molar-refractivity contribution in [1.82, 2.24) is 14.5 Å². The maximum Gasteiger partial charge on any atom is 0.329 e. The standard InChI is InChI=1S/C22H25N3O2/c1-2-24-18-10-6-7-11-19(18)25(21(24)27)15-12-20(26)23-16-22(13-14-22)17-8-4-3-5-9-17/h3-11H,2,12-16H2,1H3,(H,23,26). The maximum atomic E-state index is 12.6. The van der Waals surface area contributed by atoms with Crippen LogP contribution in [0.2, 0.25) is 0 Å². The van der Waals surface area contributed by atoms with Crippen molar-refractivity contribution < 1.29 is 4.79 Å². The number of aryl methyl sites for hydroxylation is 2. The summed E-state index contributed by atoms with van der Waals surface area (Å²) < 4.78 is 3.46. The molecule has 140 valence electrons. The molecule has 4 rings (SSSR count). The van der Waals surface area contributed by atoms with Crippen molar-refractivity contribution in [2.45, 2.75) is 44.7 Å². The third kappa shape index (κ3) is 3.29. The molecule has 0 saturated heterocycles. The number of carbonyl (C=O) groups excluding carboxylic acids is 1. The Morgan fingerprint density at radius 2 is 1.63 bits per heavy atom. The zero-order valence-electron chi connectivity index (χ0n) is 15.6. The van der Waals surface area contributed by atoms with Crippen LogP contribution in [0, 0.1) is 0 Å². The first kappa shape index (κ1) is 17.6. The first-order valence-electron chi connectivity index (χ1n) is 9.65. The Labute approximate surface area is 158 Å². The third-order valence-corrected chi connectivity index (χ3v) is 5.67. The second kappa shape index (κ2) is 7.06. The highest BCUT2D eigenvalue weighted by atomic mass is 16.2. The summed E-state index contributed by atoms with van der Waals surface area (Å²) in [6.45, 7) is 3.65. The normalized spacial score (nSPS) is 15.0. The maximum absolute atomic E-state index is 12.6. The van der Waals surface area contributed by atoms with Gasteiger partial charge in [-0.15, -0.1) is 0 Å². The molecule has 1 aliphatic rings. The van der Waals surface area contributed by atoms with Crippen LogP contribution >= 0.6 is 0 Å². The molecule has 1 fully saturated rings. The van der Waals surface area contributed by atoms with E-state index in [-0.39, 0.29) is 17.0 Å². The minimum absolute atomic E-state index is 0.00237.